The molecule has 4 heteroatoms. The molecule has 0 radical (unpaired) electrons. The van der Waals surface area contributed by atoms with Crippen LogP contribution in [0.3, 0.4) is 0 Å². The van der Waals surface area contributed by atoms with Gasteiger partial charge in [-0.05, 0) is 19.1 Å². The lowest BCUT2D eigenvalue weighted by Gasteiger charge is -2.17. The number of hydrogen-bond donors (Lipinski definition) is 2. The first-order valence-electron chi connectivity index (χ1n) is 5.67. The monoisotopic (exact) mass is 237 g/mol. The maximum atomic E-state index is 11.0. The summed E-state index contributed by atoms with van der Waals surface area (Å²) in [5, 5.41) is 11.9. The standard InChI is InChI=1S/C13H19NO3/c1-9(2)14-12(13(15)16)8-17-11-6-4-10(3)5-7-11/h4-7,9,12,14H,8H2,1-3H3,(H,15,16). The molecule has 2 N–H and O–H groups in total. The van der Waals surface area contributed by atoms with Gasteiger partial charge in [-0.15, -0.1) is 0 Å². The number of nitrogens with one attached hydrogen (secondary N) is 1. The number of rotatable bonds is 6. The molecule has 4 nitrogen and oxygen atoms in total. The summed E-state index contributed by atoms with van der Waals surface area (Å²) in [6.07, 6.45) is 0. The molecule has 1 atom stereocenters. The number of carbonyl (C=O) groups is 1. The van der Waals surface area contributed by atoms with Gasteiger partial charge in [0.25, 0.3) is 0 Å². The number of ether oxygens (including phenoxy) is 1. The molecule has 94 valence electrons. The molecule has 1 unspecified atom stereocenters. The van der Waals surface area contributed by atoms with E-state index in [1.54, 1.807) is 0 Å². The maximum Gasteiger partial charge on any atom is 0.324 e. The second-order valence-electron chi connectivity index (χ2n) is 4.34. The molecule has 0 fully saturated rings. The van der Waals surface area contributed by atoms with E-state index in [1.165, 1.54) is 0 Å². The van der Waals surface area contributed by atoms with E-state index in [2.05, 4.69) is 5.32 Å². The highest BCUT2D eigenvalue weighted by Gasteiger charge is 2.18. The van der Waals surface area contributed by atoms with E-state index in [1.807, 2.05) is 45.0 Å². The van der Waals surface area contributed by atoms with Crippen molar-refractivity contribution >= 4 is 5.97 Å². The molecule has 0 saturated carbocycles. The zero-order valence-corrected chi connectivity index (χ0v) is 10.4. The topological polar surface area (TPSA) is 58.6 Å². The minimum absolute atomic E-state index is 0.109. The Bertz CT molecular complexity index is 359. The van der Waals surface area contributed by atoms with Crippen LogP contribution in [0.25, 0.3) is 0 Å². The molecule has 0 saturated heterocycles. The van der Waals surface area contributed by atoms with E-state index < -0.39 is 12.0 Å². The zero-order valence-electron chi connectivity index (χ0n) is 10.4. The average molecular weight is 237 g/mol. The first-order chi connectivity index (χ1) is 7.99. The minimum atomic E-state index is -0.897. The summed E-state index contributed by atoms with van der Waals surface area (Å²) in [5.74, 6) is -0.210. The maximum absolute atomic E-state index is 11.0. The van der Waals surface area contributed by atoms with Crippen LogP contribution in [0.2, 0.25) is 0 Å². The molecule has 0 spiro atoms. The summed E-state index contributed by atoms with van der Waals surface area (Å²) in [7, 11) is 0. The third-order valence-corrected chi connectivity index (χ3v) is 2.27. The van der Waals surface area contributed by atoms with E-state index in [4.69, 9.17) is 9.84 Å². The molecule has 0 aromatic heterocycles. The van der Waals surface area contributed by atoms with Gasteiger partial charge in [0.05, 0.1) is 0 Å². The Morgan fingerprint density at radius 2 is 1.94 bits per heavy atom. The molecule has 17 heavy (non-hydrogen) atoms. The fourth-order valence-electron chi connectivity index (χ4n) is 1.41. The second-order valence-corrected chi connectivity index (χ2v) is 4.34. The van der Waals surface area contributed by atoms with Crippen LogP contribution in [0.5, 0.6) is 5.75 Å². The lowest BCUT2D eigenvalue weighted by atomic mass is 10.2. The Morgan fingerprint density at radius 1 is 1.35 bits per heavy atom. The molecular formula is C13H19NO3. The van der Waals surface area contributed by atoms with Gasteiger partial charge >= 0.3 is 5.97 Å². The van der Waals surface area contributed by atoms with E-state index in [0.717, 1.165) is 5.56 Å². The first-order valence-corrected chi connectivity index (χ1v) is 5.67. The van der Waals surface area contributed by atoms with Gasteiger partial charge in [0.15, 0.2) is 0 Å². The third kappa shape index (κ3) is 4.87. The van der Waals surface area contributed by atoms with Crippen LogP contribution in [-0.2, 0) is 4.79 Å². The Balaban J connectivity index is 2.51. The van der Waals surface area contributed by atoms with Gasteiger partial charge < -0.3 is 9.84 Å². The first kappa shape index (κ1) is 13.5. The summed E-state index contributed by atoms with van der Waals surface area (Å²) in [5.41, 5.74) is 1.15. The fourth-order valence-corrected chi connectivity index (χ4v) is 1.41. The highest BCUT2D eigenvalue weighted by molar-refractivity contribution is 5.73. The molecular weight excluding hydrogens is 218 g/mol. The van der Waals surface area contributed by atoms with Crippen LogP contribution in [0.15, 0.2) is 24.3 Å². The number of hydrogen-bond acceptors (Lipinski definition) is 3. The molecule has 1 rings (SSSR count). The van der Waals surface area contributed by atoms with Crippen molar-refractivity contribution in [2.75, 3.05) is 6.61 Å². The minimum Gasteiger partial charge on any atom is -0.491 e. The van der Waals surface area contributed by atoms with Gasteiger partial charge in [0.2, 0.25) is 0 Å². The van der Waals surface area contributed by atoms with Crippen LogP contribution in [0.1, 0.15) is 19.4 Å². The van der Waals surface area contributed by atoms with Gasteiger partial charge in [0.1, 0.15) is 18.4 Å². The molecule has 0 aliphatic rings. The molecule has 0 heterocycles. The second kappa shape index (κ2) is 6.25. The van der Waals surface area contributed by atoms with E-state index in [9.17, 15) is 4.79 Å². The van der Waals surface area contributed by atoms with Crippen molar-refractivity contribution < 1.29 is 14.6 Å². The zero-order chi connectivity index (χ0) is 12.8. The van der Waals surface area contributed by atoms with Crippen LogP contribution in [-0.4, -0.2) is 29.8 Å². The summed E-state index contributed by atoms with van der Waals surface area (Å²) < 4.78 is 5.44. The number of aryl methyl sites for hydroxylation is 1. The normalized spacial score (nSPS) is 12.5. The Hall–Kier alpha value is -1.55. The lowest BCUT2D eigenvalue weighted by Crippen LogP contribution is -2.44. The number of aliphatic carboxylic acids is 1. The van der Waals surface area contributed by atoms with Crippen LogP contribution in [0, 0.1) is 6.92 Å². The highest BCUT2D eigenvalue weighted by atomic mass is 16.5. The SMILES string of the molecule is Cc1ccc(OCC(NC(C)C)C(=O)O)cc1. The van der Waals surface area contributed by atoms with Crippen LogP contribution >= 0.6 is 0 Å². The van der Waals surface area contributed by atoms with Gasteiger partial charge in [-0.25, -0.2) is 0 Å². The third-order valence-electron chi connectivity index (χ3n) is 2.27. The number of benzene rings is 1. The number of carboxylic acid groups (broad SMARTS) is 1. The Morgan fingerprint density at radius 3 is 2.41 bits per heavy atom. The fraction of sp³-hybridized carbons (Fsp3) is 0.462. The lowest BCUT2D eigenvalue weighted by molar-refractivity contribution is -0.140. The van der Waals surface area contributed by atoms with Crippen molar-refractivity contribution in [2.45, 2.75) is 32.9 Å². The summed E-state index contributed by atoms with van der Waals surface area (Å²) in [4.78, 5) is 11.0. The van der Waals surface area contributed by atoms with Crippen molar-refractivity contribution in [1.82, 2.24) is 5.32 Å². The Kier molecular flexibility index (Phi) is 4.97. The van der Waals surface area contributed by atoms with Gasteiger partial charge in [0, 0.05) is 6.04 Å². The quantitative estimate of drug-likeness (QED) is 0.792. The van der Waals surface area contributed by atoms with Crippen molar-refractivity contribution in [1.29, 1.82) is 0 Å². The molecule has 0 bridgehead atoms. The van der Waals surface area contributed by atoms with Crippen molar-refractivity contribution in [3.8, 4) is 5.75 Å². The average Bonchev–Trinajstić information content (AvgIpc) is 2.25. The number of carboxylic acids is 1. The molecule has 1 aromatic rings. The smallest absolute Gasteiger partial charge is 0.324 e. The predicted molar refractivity (Wildman–Crippen MR) is 66.4 cm³/mol. The molecule has 0 amide bonds. The predicted octanol–water partition coefficient (Wildman–Crippen LogP) is 1.83. The summed E-state index contributed by atoms with van der Waals surface area (Å²) >= 11 is 0. The van der Waals surface area contributed by atoms with Crippen LogP contribution in [0.4, 0.5) is 0 Å². The van der Waals surface area contributed by atoms with Crippen molar-refractivity contribution in [3.63, 3.8) is 0 Å². The van der Waals surface area contributed by atoms with E-state index in [-0.39, 0.29) is 12.6 Å². The van der Waals surface area contributed by atoms with Crippen LogP contribution < -0.4 is 10.1 Å². The molecule has 1 aromatic carbocycles. The Labute approximate surface area is 102 Å². The van der Waals surface area contributed by atoms with Gasteiger partial charge in [-0.2, -0.15) is 0 Å². The highest BCUT2D eigenvalue weighted by Crippen LogP contribution is 2.11. The van der Waals surface area contributed by atoms with Gasteiger partial charge in [-0.3, -0.25) is 10.1 Å². The molecule has 0 aliphatic carbocycles. The van der Waals surface area contributed by atoms with Crippen molar-refractivity contribution in [2.24, 2.45) is 0 Å². The summed E-state index contributed by atoms with van der Waals surface area (Å²) in [6, 6.07) is 6.96. The van der Waals surface area contributed by atoms with Gasteiger partial charge in [-0.1, -0.05) is 31.5 Å². The van der Waals surface area contributed by atoms with E-state index in [0.29, 0.717) is 5.75 Å². The molecule has 0 aliphatic heterocycles. The largest absolute Gasteiger partial charge is 0.491 e. The van der Waals surface area contributed by atoms with E-state index >= 15 is 0 Å². The van der Waals surface area contributed by atoms with Crippen molar-refractivity contribution in [3.05, 3.63) is 29.8 Å². The summed E-state index contributed by atoms with van der Waals surface area (Å²) in [6.45, 7) is 5.92.